The van der Waals surface area contributed by atoms with Crippen molar-refractivity contribution in [2.45, 2.75) is 38.0 Å². The summed E-state index contributed by atoms with van der Waals surface area (Å²) in [6.07, 6.45) is -3.42. The van der Waals surface area contributed by atoms with Crippen molar-refractivity contribution in [2.75, 3.05) is 25.5 Å². The fourth-order valence-corrected chi connectivity index (χ4v) is 4.65. The number of nitrogens with one attached hydrogen (secondary N) is 1. The minimum absolute atomic E-state index is 0.224. The van der Waals surface area contributed by atoms with Crippen LogP contribution in [0.3, 0.4) is 0 Å². The van der Waals surface area contributed by atoms with Crippen molar-refractivity contribution >= 4 is 27.9 Å². The zero-order valence-corrected chi connectivity index (χ0v) is 17.1. The van der Waals surface area contributed by atoms with Gasteiger partial charge in [0.05, 0.1) is 28.7 Å². The van der Waals surface area contributed by atoms with E-state index in [1.807, 2.05) is 11.9 Å². The van der Waals surface area contributed by atoms with Gasteiger partial charge in [-0.2, -0.15) is 13.2 Å². The highest BCUT2D eigenvalue weighted by atomic mass is 32.1. The highest BCUT2D eigenvalue weighted by molar-refractivity contribution is 7.15. The second-order valence-electron chi connectivity index (χ2n) is 7.58. The number of hydrogen-bond acceptors (Lipinski definition) is 5. The van der Waals surface area contributed by atoms with Gasteiger partial charge < -0.3 is 19.9 Å². The highest BCUT2D eigenvalue weighted by Crippen LogP contribution is 2.37. The van der Waals surface area contributed by atoms with Gasteiger partial charge >= 0.3 is 6.18 Å². The third kappa shape index (κ3) is 4.30. The summed E-state index contributed by atoms with van der Waals surface area (Å²) in [5.41, 5.74) is 1.32. The molecule has 10 heteroatoms. The first-order chi connectivity index (χ1) is 14.2. The van der Waals surface area contributed by atoms with Crippen molar-refractivity contribution in [3.05, 3.63) is 35.3 Å². The van der Waals surface area contributed by atoms with Gasteiger partial charge in [0.25, 0.3) is 0 Å². The molecule has 3 heterocycles. The first kappa shape index (κ1) is 21.1. The van der Waals surface area contributed by atoms with E-state index >= 15 is 0 Å². The normalized spacial score (nSPS) is 20.7. The number of anilines is 1. The Kier molecular flexibility index (Phi) is 5.73. The molecule has 0 amide bonds. The fraction of sp³-hybridized carbons (Fsp3) is 0.450. The Hall–Kier alpha value is -2.17. The van der Waals surface area contributed by atoms with Crippen molar-refractivity contribution < 1.29 is 22.7 Å². The number of thiazole rings is 1. The number of fused-ring (bicyclic) bond motifs is 1. The molecule has 0 bridgehead atoms. The van der Waals surface area contributed by atoms with E-state index in [9.17, 15) is 22.7 Å². The summed E-state index contributed by atoms with van der Waals surface area (Å²) in [4.78, 5) is 6.68. The molecule has 0 aliphatic carbocycles. The predicted octanol–water partition coefficient (Wildman–Crippen LogP) is 4.27. The van der Waals surface area contributed by atoms with Gasteiger partial charge in [-0.3, -0.25) is 0 Å². The molecule has 30 heavy (non-hydrogen) atoms. The second kappa shape index (κ2) is 8.16. The minimum Gasteiger partial charge on any atom is -0.391 e. The number of halogens is 4. The molecule has 1 aliphatic rings. The smallest absolute Gasteiger partial charge is 0.391 e. The molecule has 1 saturated heterocycles. The number of nitrogens with zero attached hydrogens (tertiary/aromatic N) is 3. The van der Waals surface area contributed by atoms with Crippen molar-refractivity contribution in [1.82, 2.24) is 14.5 Å². The molecular formula is C20H22F4N4OS. The lowest BCUT2D eigenvalue weighted by atomic mass is 10.0. The van der Waals surface area contributed by atoms with Crippen LogP contribution >= 0.6 is 11.3 Å². The van der Waals surface area contributed by atoms with Crippen LogP contribution in [-0.2, 0) is 13.2 Å². The van der Waals surface area contributed by atoms with Gasteiger partial charge in [-0.25, -0.2) is 9.37 Å². The van der Waals surface area contributed by atoms with Crippen LogP contribution in [0.2, 0.25) is 0 Å². The fourth-order valence-electron chi connectivity index (χ4n) is 3.86. The Morgan fingerprint density at radius 2 is 2.13 bits per heavy atom. The Balaban J connectivity index is 1.77. The minimum atomic E-state index is -4.42. The van der Waals surface area contributed by atoms with Gasteiger partial charge in [0.2, 0.25) is 0 Å². The quantitative estimate of drug-likeness (QED) is 0.580. The standard InChI is InChI=1S/C20H22F4N4OS/c1-27-6-5-16(14(21)9-27)26-15-3-2-4-17-13(15)7-18(28(17)11-20(22,23)24)19-25-8-12(10-29)30-19/h2-4,7-8,14,16,26,29H,5-6,9-11H2,1H3/t14?,16-/m1/s1. The third-order valence-corrected chi connectivity index (χ3v) is 6.30. The largest absolute Gasteiger partial charge is 0.406 e. The van der Waals surface area contributed by atoms with Crippen molar-refractivity contribution in [2.24, 2.45) is 0 Å². The van der Waals surface area contributed by atoms with Crippen molar-refractivity contribution in [3.8, 4) is 10.7 Å². The highest BCUT2D eigenvalue weighted by Gasteiger charge is 2.32. The molecule has 1 unspecified atom stereocenters. The molecule has 1 aromatic carbocycles. The molecule has 2 N–H and O–H groups in total. The van der Waals surface area contributed by atoms with Crippen LogP contribution in [0.4, 0.5) is 23.2 Å². The van der Waals surface area contributed by atoms with Crippen LogP contribution in [0.25, 0.3) is 21.6 Å². The van der Waals surface area contributed by atoms with Crippen LogP contribution in [0.15, 0.2) is 30.5 Å². The van der Waals surface area contributed by atoms with E-state index in [-0.39, 0.29) is 6.61 Å². The monoisotopic (exact) mass is 442 g/mol. The van der Waals surface area contributed by atoms with Crippen LogP contribution in [0.5, 0.6) is 0 Å². The summed E-state index contributed by atoms with van der Waals surface area (Å²) in [7, 11) is 1.86. The summed E-state index contributed by atoms with van der Waals surface area (Å²) < 4.78 is 55.7. The number of aromatic nitrogens is 2. The second-order valence-corrected chi connectivity index (χ2v) is 8.69. The Labute approximate surface area is 174 Å². The average Bonchev–Trinajstić information content (AvgIpc) is 3.28. The first-order valence-electron chi connectivity index (χ1n) is 9.59. The van der Waals surface area contributed by atoms with E-state index in [0.717, 1.165) is 17.9 Å². The lowest BCUT2D eigenvalue weighted by Crippen LogP contribution is -2.46. The van der Waals surface area contributed by atoms with E-state index in [0.29, 0.717) is 45.1 Å². The maximum atomic E-state index is 14.5. The van der Waals surface area contributed by atoms with E-state index in [1.54, 1.807) is 24.3 Å². The Morgan fingerprint density at radius 1 is 1.33 bits per heavy atom. The summed E-state index contributed by atoms with van der Waals surface area (Å²) in [5.74, 6) is 0. The lowest BCUT2D eigenvalue weighted by molar-refractivity contribution is -0.139. The van der Waals surface area contributed by atoms with Gasteiger partial charge in [0.15, 0.2) is 0 Å². The van der Waals surface area contributed by atoms with Gasteiger partial charge in [-0.05, 0) is 31.7 Å². The van der Waals surface area contributed by atoms with Gasteiger partial charge in [-0.1, -0.05) is 6.07 Å². The van der Waals surface area contributed by atoms with E-state index in [2.05, 4.69) is 10.3 Å². The molecule has 0 radical (unpaired) electrons. The van der Waals surface area contributed by atoms with Crippen molar-refractivity contribution in [3.63, 3.8) is 0 Å². The number of hydrogen-bond donors (Lipinski definition) is 2. The maximum Gasteiger partial charge on any atom is 0.406 e. The Morgan fingerprint density at radius 3 is 2.80 bits per heavy atom. The molecule has 162 valence electrons. The molecule has 1 aliphatic heterocycles. The van der Waals surface area contributed by atoms with Crippen LogP contribution in [-0.4, -0.2) is 58.1 Å². The van der Waals surface area contributed by atoms with Gasteiger partial charge in [-0.15, -0.1) is 11.3 Å². The summed E-state index contributed by atoms with van der Waals surface area (Å²) in [5, 5.41) is 13.5. The number of aliphatic hydroxyl groups is 1. The average molecular weight is 442 g/mol. The Bertz CT molecular complexity index is 1030. The zero-order valence-electron chi connectivity index (χ0n) is 16.3. The molecule has 0 saturated carbocycles. The number of aliphatic hydroxyl groups excluding tert-OH is 1. The SMILES string of the molecule is CN1CC[C@@H](Nc2cccc3c2cc(-c2ncc(CO)s2)n3CC(F)(F)F)C(F)C1. The summed E-state index contributed by atoms with van der Waals surface area (Å²) >= 11 is 1.15. The van der Waals surface area contributed by atoms with Gasteiger partial charge in [0.1, 0.15) is 17.7 Å². The number of benzene rings is 1. The molecule has 2 aromatic heterocycles. The number of likely N-dealkylation sites (tertiary alicyclic amines) is 1. The molecule has 5 nitrogen and oxygen atoms in total. The van der Waals surface area contributed by atoms with E-state index in [1.165, 1.54) is 10.8 Å². The maximum absolute atomic E-state index is 14.5. The molecule has 0 spiro atoms. The summed E-state index contributed by atoms with van der Waals surface area (Å²) in [6, 6.07) is 6.31. The molecule has 2 atom stereocenters. The lowest BCUT2D eigenvalue weighted by Gasteiger charge is -2.33. The number of rotatable bonds is 5. The number of piperidine rings is 1. The molecule has 1 fully saturated rings. The van der Waals surface area contributed by atoms with Gasteiger partial charge in [0, 0.05) is 30.4 Å². The van der Waals surface area contributed by atoms with Crippen LogP contribution in [0, 0.1) is 0 Å². The predicted molar refractivity (Wildman–Crippen MR) is 109 cm³/mol. The molecule has 4 rings (SSSR count). The topological polar surface area (TPSA) is 53.3 Å². The third-order valence-electron chi connectivity index (χ3n) is 5.30. The van der Waals surface area contributed by atoms with E-state index < -0.39 is 24.9 Å². The van der Waals surface area contributed by atoms with Crippen LogP contribution in [0.1, 0.15) is 11.3 Å². The van der Waals surface area contributed by atoms with Crippen molar-refractivity contribution in [1.29, 1.82) is 0 Å². The van der Waals surface area contributed by atoms with Crippen LogP contribution < -0.4 is 5.32 Å². The molecule has 3 aromatic rings. The molecular weight excluding hydrogens is 420 g/mol. The first-order valence-corrected chi connectivity index (χ1v) is 10.4. The number of alkyl halides is 4. The zero-order chi connectivity index (χ0) is 21.5. The van der Waals surface area contributed by atoms with E-state index in [4.69, 9.17) is 0 Å². The summed E-state index contributed by atoms with van der Waals surface area (Å²) in [6.45, 7) is -0.324.